The molecule has 1 fully saturated rings. The molecule has 7 nitrogen and oxygen atoms in total. The number of anilines is 1. The van der Waals surface area contributed by atoms with Gasteiger partial charge in [0, 0.05) is 12.6 Å². The lowest BCUT2D eigenvalue weighted by Crippen LogP contribution is -2.43. The first-order valence-corrected chi connectivity index (χ1v) is 9.04. The van der Waals surface area contributed by atoms with Crippen LogP contribution in [0.15, 0.2) is 36.4 Å². The topological polar surface area (TPSA) is 78.5 Å². The molecule has 1 saturated heterocycles. The average molecular weight is 353 g/mol. The zero-order chi connectivity index (χ0) is 17.7. The highest BCUT2D eigenvalue weighted by atomic mass is 32.3. The van der Waals surface area contributed by atoms with Gasteiger partial charge in [-0.05, 0) is 12.8 Å². The summed E-state index contributed by atoms with van der Waals surface area (Å²) >= 11 is 0. The highest BCUT2D eigenvalue weighted by Gasteiger charge is 2.26. The maximum atomic E-state index is 9.22. The Hall–Kier alpha value is -1.90. The van der Waals surface area contributed by atoms with Crippen molar-refractivity contribution in [3.8, 4) is 11.3 Å². The van der Waals surface area contributed by atoms with Crippen molar-refractivity contribution in [2.75, 3.05) is 25.1 Å². The molecule has 0 spiro atoms. The first-order chi connectivity index (χ1) is 11.3. The van der Waals surface area contributed by atoms with Crippen molar-refractivity contribution in [3.63, 3.8) is 0 Å². The standard InChI is InChI=1S/C15H20N3.CH4O4S/c1-16-14(13-8-4-3-5-9-13)12-15(17(16)2)18-10-6-7-11-18;1-5-6(2,3)4/h3-5,8-9,12H,6-7,10-11H2,1-2H3;1H3,(H,2,3,4)/q+1;/p-1. The fourth-order valence-corrected chi connectivity index (χ4v) is 2.75. The first kappa shape index (κ1) is 18.4. The molecule has 0 amide bonds. The summed E-state index contributed by atoms with van der Waals surface area (Å²) in [6.45, 7) is 2.37. The van der Waals surface area contributed by atoms with E-state index >= 15 is 0 Å². The van der Waals surface area contributed by atoms with E-state index in [1.165, 1.54) is 43.0 Å². The number of aromatic nitrogens is 2. The Kier molecular flexibility index (Phi) is 5.98. The Morgan fingerprint density at radius 3 is 2.21 bits per heavy atom. The van der Waals surface area contributed by atoms with Gasteiger partial charge >= 0.3 is 0 Å². The van der Waals surface area contributed by atoms with E-state index in [4.69, 9.17) is 0 Å². The molecule has 0 bridgehead atoms. The molecule has 8 heteroatoms. The minimum absolute atomic E-state index is 0.808. The molecule has 2 heterocycles. The van der Waals surface area contributed by atoms with Crippen LogP contribution in [0, 0.1) is 0 Å². The summed E-state index contributed by atoms with van der Waals surface area (Å²) < 4.78 is 35.5. The van der Waals surface area contributed by atoms with Gasteiger partial charge in [0.1, 0.15) is 7.05 Å². The van der Waals surface area contributed by atoms with E-state index < -0.39 is 10.4 Å². The van der Waals surface area contributed by atoms with Gasteiger partial charge in [0.05, 0.1) is 32.0 Å². The Bertz CT molecular complexity index is 766. The summed E-state index contributed by atoms with van der Waals surface area (Å²) in [7, 11) is 0.662. The van der Waals surface area contributed by atoms with E-state index in [2.05, 4.69) is 68.9 Å². The maximum absolute atomic E-state index is 9.22. The molecule has 1 aromatic heterocycles. The predicted octanol–water partition coefficient (Wildman–Crippen LogP) is 1.21. The third-order valence-electron chi connectivity index (χ3n) is 4.10. The minimum Gasteiger partial charge on any atom is -0.726 e. The molecule has 0 radical (unpaired) electrons. The van der Waals surface area contributed by atoms with Crippen molar-refractivity contribution in [2.45, 2.75) is 12.8 Å². The lowest BCUT2D eigenvalue weighted by molar-refractivity contribution is -0.738. The molecule has 0 aliphatic carbocycles. The zero-order valence-corrected chi connectivity index (χ0v) is 15.0. The van der Waals surface area contributed by atoms with Crippen LogP contribution in [0.4, 0.5) is 5.82 Å². The van der Waals surface area contributed by atoms with E-state index in [1.807, 2.05) is 0 Å². The molecule has 0 saturated carbocycles. The average Bonchev–Trinajstić information content (AvgIpc) is 3.18. The van der Waals surface area contributed by atoms with E-state index in [0.29, 0.717) is 0 Å². The molecule has 0 atom stereocenters. The van der Waals surface area contributed by atoms with Crippen LogP contribution >= 0.6 is 0 Å². The van der Waals surface area contributed by atoms with Crippen molar-refractivity contribution < 1.29 is 21.8 Å². The predicted molar refractivity (Wildman–Crippen MR) is 90.2 cm³/mol. The largest absolute Gasteiger partial charge is 0.726 e. The molecule has 132 valence electrons. The van der Waals surface area contributed by atoms with Gasteiger partial charge in [-0.15, -0.1) is 0 Å². The van der Waals surface area contributed by atoms with Gasteiger partial charge in [-0.25, -0.2) is 13.1 Å². The number of nitrogens with zero attached hydrogens (tertiary/aromatic N) is 3. The third-order valence-corrected chi connectivity index (χ3v) is 4.51. The van der Waals surface area contributed by atoms with Crippen LogP contribution < -0.4 is 9.58 Å². The number of hydrogen-bond donors (Lipinski definition) is 0. The van der Waals surface area contributed by atoms with Crippen molar-refractivity contribution in [2.24, 2.45) is 14.1 Å². The van der Waals surface area contributed by atoms with Gasteiger partial charge in [-0.1, -0.05) is 30.3 Å². The van der Waals surface area contributed by atoms with Gasteiger partial charge in [0.15, 0.2) is 0 Å². The number of hydrogen-bond acceptors (Lipinski definition) is 5. The second-order valence-corrected chi connectivity index (χ2v) is 6.72. The van der Waals surface area contributed by atoms with Crippen molar-refractivity contribution in [1.29, 1.82) is 0 Å². The second kappa shape index (κ2) is 7.78. The molecule has 1 aromatic carbocycles. The molecule has 2 aromatic rings. The van der Waals surface area contributed by atoms with Crippen LogP contribution in [-0.4, -0.2) is 37.9 Å². The molecule has 1 aliphatic heterocycles. The summed E-state index contributed by atoms with van der Waals surface area (Å²) in [5.74, 6) is 1.33. The highest BCUT2D eigenvalue weighted by molar-refractivity contribution is 7.80. The van der Waals surface area contributed by atoms with Crippen LogP contribution in [0.1, 0.15) is 12.8 Å². The smallest absolute Gasteiger partial charge is 0.297 e. The molecular weight excluding hydrogens is 330 g/mol. The fraction of sp³-hybridized carbons (Fsp3) is 0.438. The minimum atomic E-state index is -4.41. The monoisotopic (exact) mass is 353 g/mol. The Morgan fingerprint density at radius 2 is 1.71 bits per heavy atom. The first-order valence-electron chi connectivity index (χ1n) is 7.71. The maximum Gasteiger partial charge on any atom is 0.297 e. The quantitative estimate of drug-likeness (QED) is 0.471. The molecule has 24 heavy (non-hydrogen) atoms. The Labute approximate surface area is 143 Å². The highest BCUT2D eigenvalue weighted by Crippen LogP contribution is 2.24. The van der Waals surface area contributed by atoms with Crippen LogP contribution in [0.3, 0.4) is 0 Å². The summed E-state index contributed by atoms with van der Waals surface area (Å²) in [5, 5.41) is 0. The van der Waals surface area contributed by atoms with E-state index in [9.17, 15) is 13.0 Å². The van der Waals surface area contributed by atoms with Crippen LogP contribution in [0.2, 0.25) is 0 Å². The van der Waals surface area contributed by atoms with Gasteiger partial charge in [-0.2, -0.15) is 4.68 Å². The van der Waals surface area contributed by atoms with E-state index in [-0.39, 0.29) is 0 Å². The zero-order valence-electron chi connectivity index (χ0n) is 14.2. The number of rotatable bonds is 3. The third kappa shape index (κ3) is 4.56. The normalized spacial score (nSPS) is 14.4. The Morgan fingerprint density at radius 1 is 1.17 bits per heavy atom. The second-order valence-electron chi connectivity index (χ2n) is 5.57. The summed E-state index contributed by atoms with van der Waals surface area (Å²) in [5.41, 5.74) is 2.56. The fourth-order valence-electron chi connectivity index (χ4n) is 2.75. The summed E-state index contributed by atoms with van der Waals surface area (Å²) in [4.78, 5) is 2.48. The molecule has 0 N–H and O–H groups in total. The van der Waals surface area contributed by atoms with E-state index in [0.717, 1.165) is 7.11 Å². The van der Waals surface area contributed by atoms with Crippen molar-refractivity contribution in [1.82, 2.24) is 4.68 Å². The van der Waals surface area contributed by atoms with Crippen LogP contribution in [0.5, 0.6) is 0 Å². The van der Waals surface area contributed by atoms with E-state index in [1.54, 1.807) is 0 Å². The molecule has 3 rings (SSSR count). The van der Waals surface area contributed by atoms with Gasteiger partial charge in [-0.3, -0.25) is 9.08 Å². The van der Waals surface area contributed by atoms with Crippen molar-refractivity contribution >= 4 is 16.2 Å². The molecular formula is C16H23N3O4S. The van der Waals surface area contributed by atoms with Crippen LogP contribution in [-0.2, 0) is 28.7 Å². The number of benzene rings is 1. The van der Waals surface area contributed by atoms with Gasteiger partial charge < -0.3 is 4.55 Å². The lowest BCUT2D eigenvalue weighted by Gasteiger charge is -2.08. The van der Waals surface area contributed by atoms with Crippen LogP contribution in [0.25, 0.3) is 11.3 Å². The summed E-state index contributed by atoms with van der Waals surface area (Å²) in [6, 6.07) is 12.9. The molecule has 1 aliphatic rings. The van der Waals surface area contributed by atoms with Crippen molar-refractivity contribution in [3.05, 3.63) is 36.4 Å². The lowest BCUT2D eigenvalue weighted by atomic mass is 10.1. The SMILES string of the molecule is COS(=O)(=O)[O-].Cn1c(-c2ccccc2)cc(N2CCCC2)[n+]1C. The Balaban J connectivity index is 0.000000301. The summed E-state index contributed by atoms with van der Waals surface area (Å²) in [6.07, 6.45) is 2.63. The molecule has 0 unspecified atom stereocenters. The van der Waals surface area contributed by atoms with Gasteiger partial charge in [0.25, 0.3) is 5.82 Å². The van der Waals surface area contributed by atoms with Gasteiger partial charge in [0.2, 0.25) is 10.4 Å².